The summed E-state index contributed by atoms with van der Waals surface area (Å²) in [5.74, 6) is 0. The molecule has 16 heavy (non-hydrogen) atoms. The predicted octanol–water partition coefficient (Wildman–Crippen LogP) is 2.18. The molecule has 0 unspecified atom stereocenters. The normalized spacial score (nSPS) is 16.9. The monoisotopic (exact) mass is 242 g/mol. The van der Waals surface area contributed by atoms with Crippen molar-refractivity contribution in [2.75, 3.05) is 11.9 Å². The molecule has 1 saturated carbocycles. The minimum atomic E-state index is -0.484. The van der Waals surface area contributed by atoms with Crippen molar-refractivity contribution < 1.29 is 10.0 Å². The van der Waals surface area contributed by atoms with E-state index in [1.807, 2.05) is 0 Å². The Hall–Kier alpha value is -1.33. The van der Waals surface area contributed by atoms with Gasteiger partial charge >= 0.3 is 0 Å². The van der Waals surface area contributed by atoms with Gasteiger partial charge in [0.15, 0.2) is 0 Å². The lowest BCUT2D eigenvalue weighted by atomic mass is 10.2. The zero-order valence-electron chi connectivity index (χ0n) is 8.44. The van der Waals surface area contributed by atoms with Crippen LogP contribution in [0.2, 0.25) is 5.02 Å². The third-order valence-corrected chi connectivity index (χ3v) is 3.05. The van der Waals surface area contributed by atoms with Gasteiger partial charge in [0.05, 0.1) is 22.1 Å². The predicted molar refractivity (Wildman–Crippen MR) is 60.8 cm³/mol. The van der Waals surface area contributed by atoms with Gasteiger partial charge in [-0.3, -0.25) is 10.1 Å². The molecule has 0 radical (unpaired) electrons. The van der Waals surface area contributed by atoms with Crippen LogP contribution in [0, 0.1) is 10.1 Å². The number of aliphatic hydroxyl groups excluding tert-OH is 1. The SMILES string of the molecule is O=[N+]([O-])c1cccc(Cl)c1NC1(CO)CC1. The Labute approximate surface area is 97.2 Å². The summed E-state index contributed by atoms with van der Waals surface area (Å²) in [5, 5.41) is 23.2. The van der Waals surface area contributed by atoms with Gasteiger partial charge in [-0.1, -0.05) is 17.7 Å². The molecular weight excluding hydrogens is 232 g/mol. The first kappa shape index (κ1) is 11.2. The van der Waals surface area contributed by atoms with Gasteiger partial charge in [-0.25, -0.2) is 0 Å². The second-order valence-electron chi connectivity index (χ2n) is 3.95. The van der Waals surface area contributed by atoms with Crippen molar-refractivity contribution >= 4 is 23.0 Å². The van der Waals surface area contributed by atoms with Crippen LogP contribution in [0.5, 0.6) is 0 Å². The number of nitrogens with one attached hydrogen (secondary N) is 1. The number of hydrogen-bond donors (Lipinski definition) is 2. The standard InChI is InChI=1S/C10H11ClN2O3/c11-7-2-1-3-8(13(15)16)9(7)12-10(6-14)4-5-10/h1-3,12,14H,4-6H2. The van der Waals surface area contributed by atoms with E-state index in [1.165, 1.54) is 12.1 Å². The number of rotatable bonds is 4. The molecule has 0 aliphatic heterocycles. The fourth-order valence-electron chi connectivity index (χ4n) is 1.53. The van der Waals surface area contributed by atoms with E-state index < -0.39 is 10.5 Å². The van der Waals surface area contributed by atoms with Crippen molar-refractivity contribution in [2.45, 2.75) is 18.4 Å². The van der Waals surface area contributed by atoms with Gasteiger partial charge < -0.3 is 10.4 Å². The number of nitro groups is 1. The van der Waals surface area contributed by atoms with Crippen molar-refractivity contribution in [3.63, 3.8) is 0 Å². The summed E-state index contributed by atoms with van der Waals surface area (Å²) in [7, 11) is 0. The minimum absolute atomic E-state index is 0.0463. The zero-order valence-corrected chi connectivity index (χ0v) is 9.20. The Bertz CT molecular complexity index is 432. The van der Waals surface area contributed by atoms with E-state index in [9.17, 15) is 10.1 Å². The van der Waals surface area contributed by atoms with Crippen molar-refractivity contribution in [3.05, 3.63) is 33.3 Å². The molecule has 1 aliphatic carbocycles. The van der Waals surface area contributed by atoms with Crippen molar-refractivity contribution in [2.24, 2.45) is 0 Å². The van der Waals surface area contributed by atoms with Crippen molar-refractivity contribution in [3.8, 4) is 0 Å². The Morgan fingerprint density at radius 1 is 1.56 bits per heavy atom. The Balaban J connectivity index is 2.35. The molecule has 0 saturated heterocycles. The van der Waals surface area contributed by atoms with Gasteiger partial charge in [0.25, 0.3) is 5.69 Å². The lowest BCUT2D eigenvalue weighted by Gasteiger charge is -2.16. The molecule has 0 heterocycles. The van der Waals surface area contributed by atoms with Crippen LogP contribution in [0.4, 0.5) is 11.4 Å². The van der Waals surface area contributed by atoms with Crippen molar-refractivity contribution in [1.82, 2.24) is 0 Å². The number of nitro benzene ring substituents is 1. The number of aliphatic hydroxyl groups is 1. The second kappa shape index (κ2) is 3.92. The van der Waals surface area contributed by atoms with Crippen LogP contribution in [0.3, 0.4) is 0 Å². The smallest absolute Gasteiger partial charge is 0.293 e. The quantitative estimate of drug-likeness (QED) is 0.627. The van der Waals surface area contributed by atoms with Crippen LogP contribution >= 0.6 is 11.6 Å². The first-order valence-electron chi connectivity index (χ1n) is 4.90. The number of para-hydroxylation sites is 1. The number of hydrogen-bond acceptors (Lipinski definition) is 4. The molecule has 6 heteroatoms. The van der Waals surface area contributed by atoms with Gasteiger partial charge in [-0.2, -0.15) is 0 Å². The van der Waals surface area contributed by atoms with Crippen LogP contribution in [0.25, 0.3) is 0 Å². The summed E-state index contributed by atoms with van der Waals surface area (Å²) in [6.07, 6.45) is 1.59. The van der Waals surface area contributed by atoms with E-state index in [1.54, 1.807) is 6.07 Å². The molecule has 0 amide bonds. The molecule has 1 aromatic carbocycles. The van der Waals surface area contributed by atoms with Crippen LogP contribution in [-0.2, 0) is 0 Å². The molecule has 1 aromatic rings. The van der Waals surface area contributed by atoms with Crippen LogP contribution in [0.1, 0.15) is 12.8 Å². The molecular formula is C10H11ClN2O3. The molecule has 2 rings (SSSR count). The fraction of sp³-hybridized carbons (Fsp3) is 0.400. The maximum absolute atomic E-state index is 10.8. The number of benzene rings is 1. The molecule has 0 spiro atoms. The topological polar surface area (TPSA) is 75.4 Å². The van der Waals surface area contributed by atoms with E-state index in [4.69, 9.17) is 16.7 Å². The molecule has 1 fully saturated rings. The summed E-state index contributed by atoms with van der Waals surface area (Å²) < 4.78 is 0. The summed E-state index contributed by atoms with van der Waals surface area (Å²) in [4.78, 5) is 10.3. The van der Waals surface area contributed by atoms with E-state index in [-0.39, 0.29) is 12.3 Å². The molecule has 0 atom stereocenters. The third kappa shape index (κ3) is 1.96. The number of halogens is 1. The average Bonchev–Trinajstić information content (AvgIpc) is 3.01. The highest BCUT2D eigenvalue weighted by atomic mass is 35.5. The highest BCUT2D eigenvalue weighted by molar-refractivity contribution is 6.33. The van der Waals surface area contributed by atoms with Crippen LogP contribution in [0.15, 0.2) is 18.2 Å². The van der Waals surface area contributed by atoms with Gasteiger partial charge in [0.1, 0.15) is 5.69 Å². The van der Waals surface area contributed by atoms with Gasteiger partial charge in [-0.15, -0.1) is 0 Å². The minimum Gasteiger partial charge on any atom is -0.394 e. The molecule has 1 aliphatic rings. The lowest BCUT2D eigenvalue weighted by molar-refractivity contribution is -0.384. The number of anilines is 1. The molecule has 5 nitrogen and oxygen atoms in total. The third-order valence-electron chi connectivity index (χ3n) is 2.73. The molecule has 0 bridgehead atoms. The zero-order chi connectivity index (χ0) is 11.8. The average molecular weight is 243 g/mol. The van der Waals surface area contributed by atoms with Crippen LogP contribution < -0.4 is 5.32 Å². The maximum atomic E-state index is 10.8. The molecule has 0 aromatic heterocycles. The summed E-state index contributed by atoms with van der Waals surface area (Å²) in [5.41, 5.74) is -0.191. The van der Waals surface area contributed by atoms with Crippen LogP contribution in [-0.4, -0.2) is 22.2 Å². The lowest BCUT2D eigenvalue weighted by Crippen LogP contribution is -2.26. The van der Waals surface area contributed by atoms with Gasteiger partial charge in [0, 0.05) is 6.07 Å². The maximum Gasteiger partial charge on any atom is 0.293 e. The highest BCUT2D eigenvalue weighted by Gasteiger charge is 2.43. The van der Waals surface area contributed by atoms with E-state index in [0.29, 0.717) is 10.7 Å². The summed E-state index contributed by atoms with van der Waals surface area (Å²) in [6, 6.07) is 4.51. The largest absolute Gasteiger partial charge is 0.394 e. The van der Waals surface area contributed by atoms with Gasteiger partial charge in [-0.05, 0) is 18.9 Å². The number of nitrogens with zero attached hydrogens (tertiary/aromatic N) is 1. The fourth-order valence-corrected chi connectivity index (χ4v) is 1.74. The Morgan fingerprint density at radius 2 is 2.25 bits per heavy atom. The molecule has 86 valence electrons. The van der Waals surface area contributed by atoms with E-state index in [2.05, 4.69) is 5.32 Å². The molecule has 2 N–H and O–H groups in total. The van der Waals surface area contributed by atoms with Crippen molar-refractivity contribution in [1.29, 1.82) is 0 Å². The second-order valence-corrected chi connectivity index (χ2v) is 4.36. The Kier molecular flexibility index (Phi) is 2.73. The summed E-state index contributed by atoms with van der Waals surface area (Å²) >= 11 is 5.92. The first-order valence-corrected chi connectivity index (χ1v) is 5.28. The Morgan fingerprint density at radius 3 is 2.75 bits per heavy atom. The van der Waals surface area contributed by atoms with E-state index in [0.717, 1.165) is 12.8 Å². The first-order chi connectivity index (χ1) is 7.58. The van der Waals surface area contributed by atoms with E-state index >= 15 is 0 Å². The highest BCUT2D eigenvalue weighted by Crippen LogP contribution is 2.42. The van der Waals surface area contributed by atoms with Gasteiger partial charge in [0.2, 0.25) is 0 Å². The summed E-state index contributed by atoms with van der Waals surface area (Å²) in [6.45, 7) is -0.0463.